The molecule has 0 bridgehead atoms. The summed E-state index contributed by atoms with van der Waals surface area (Å²) in [6.45, 7) is 11.4. The second-order valence-electron chi connectivity index (χ2n) is 11.5. The lowest BCUT2D eigenvalue weighted by Gasteiger charge is -2.42. The fourth-order valence-electron chi connectivity index (χ4n) is 5.51. The van der Waals surface area contributed by atoms with Crippen LogP contribution in [0.3, 0.4) is 0 Å². The third-order valence-corrected chi connectivity index (χ3v) is 15.5. The molecule has 2 heterocycles. The highest BCUT2D eigenvalue weighted by Crippen LogP contribution is 2.64. The van der Waals surface area contributed by atoms with Gasteiger partial charge in [-0.3, -0.25) is 0 Å². The van der Waals surface area contributed by atoms with Crippen molar-refractivity contribution in [3.8, 4) is 33.8 Å². The Labute approximate surface area is 227 Å². The Bertz CT molecular complexity index is 1570. The van der Waals surface area contributed by atoms with Crippen LogP contribution in [0.15, 0.2) is 91.0 Å². The third-order valence-electron chi connectivity index (χ3n) is 7.37. The van der Waals surface area contributed by atoms with E-state index >= 15 is 0 Å². The largest absolute Gasteiger partial charge is 0.468 e. The van der Waals surface area contributed by atoms with Gasteiger partial charge in [0.2, 0.25) is 0 Å². The van der Waals surface area contributed by atoms with Crippen LogP contribution in [0, 0.1) is 0 Å². The van der Waals surface area contributed by atoms with E-state index in [4.69, 9.17) is 20.9 Å². The van der Waals surface area contributed by atoms with E-state index in [9.17, 15) is 0 Å². The van der Waals surface area contributed by atoms with Gasteiger partial charge >= 0.3 is 0 Å². The summed E-state index contributed by atoms with van der Waals surface area (Å²) in [7, 11) is -0.916. The van der Waals surface area contributed by atoms with Gasteiger partial charge in [-0.25, -0.2) is 0 Å². The lowest BCUT2D eigenvalue weighted by Crippen LogP contribution is -2.33. The number of para-hydroxylation sites is 2. The number of hydrogen-bond donors (Lipinski definition) is 0. The number of rotatable bonds is 3. The Kier molecular flexibility index (Phi) is 5.92. The molecule has 2 atom stereocenters. The normalized spacial score (nSPS) is 20.0. The molecule has 0 fully saturated rings. The van der Waals surface area contributed by atoms with Crippen molar-refractivity contribution in [3.63, 3.8) is 0 Å². The zero-order valence-electron chi connectivity index (χ0n) is 22.0. The summed E-state index contributed by atoms with van der Waals surface area (Å²) in [5.74, 6) is 1.90. The molecule has 0 aliphatic carbocycles. The quantitative estimate of drug-likeness (QED) is 0.241. The van der Waals surface area contributed by atoms with E-state index in [1.807, 2.05) is 6.07 Å². The molecular weight excluding hydrogens is 510 g/mol. The fourth-order valence-corrected chi connectivity index (χ4v) is 10.9. The summed E-state index contributed by atoms with van der Waals surface area (Å²) in [4.78, 5) is 0. The smallest absolute Gasteiger partial charge is 0.148 e. The van der Waals surface area contributed by atoms with Crippen LogP contribution in [0.5, 0.6) is 11.5 Å². The van der Waals surface area contributed by atoms with Crippen LogP contribution < -0.4 is 19.7 Å². The first-order valence-corrected chi connectivity index (χ1v) is 16.8. The maximum absolute atomic E-state index is 6.83. The Balaban J connectivity index is 1.48. The number of benzene rings is 4. The summed E-state index contributed by atoms with van der Waals surface area (Å²) < 4.78 is 13.5. The van der Waals surface area contributed by atoms with Gasteiger partial charge in [0, 0.05) is 37.6 Å². The Morgan fingerprint density at radius 2 is 1.32 bits per heavy atom. The summed E-state index contributed by atoms with van der Waals surface area (Å²) in [6.07, 6.45) is -1.45. The van der Waals surface area contributed by atoms with Crippen LogP contribution in [0.1, 0.15) is 40.2 Å². The fraction of sp³-hybridized carbons (Fsp3) is 0.250. The SMILES string of the molecule is CC(C)(Cc1cccc2c1-c1ccccc1OP2(=S)C(C)(C)C)P1Oc2ccccc2-c2ccccc21. The average molecular weight is 543 g/mol. The Hall–Kier alpha value is -2.44. The summed E-state index contributed by atoms with van der Waals surface area (Å²) in [5, 5.41) is 2.24. The molecule has 2 aliphatic heterocycles. The summed E-state index contributed by atoms with van der Waals surface area (Å²) in [6, 6.07) is 32.3. The van der Waals surface area contributed by atoms with Gasteiger partial charge in [0.15, 0.2) is 0 Å². The van der Waals surface area contributed by atoms with E-state index < -0.39 is 14.4 Å². The topological polar surface area (TPSA) is 18.5 Å². The van der Waals surface area contributed by atoms with Gasteiger partial charge in [-0.05, 0) is 47.6 Å². The van der Waals surface area contributed by atoms with Gasteiger partial charge < -0.3 is 9.05 Å². The molecule has 5 heteroatoms. The first kappa shape index (κ1) is 24.9. The highest BCUT2D eigenvalue weighted by molar-refractivity contribution is 8.16. The van der Waals surface area contributed by atoms with Crippen molar-refractivity contribution in [2.75, 3.05) is 0 Å². The van der Waals surface area contributed by atoms with Gasteiger partial charge in [-0.15, -0.1) is 0 Å². The van der Waals surface area contributed by atoms with Gasteiger partial charge in [0.1, 0.15) is 25.9 Å². The maximum atomic E-state index is 6.83. The first-order valence-electron chi connectivity index (χ1n) is 12.8. The molecule has 0 spiro atoms. The molecule has 4 aromatic rings. The molecule has 37 heavy (non-hydrogen) atoms. The molecule has 0 aromatic heterocycles. The molecule has 2 unspecified atom stereocenters. The van der Waals surface area contributed by atoms with Gasteiger partial charge in [-0.1, -0.05) is 107 Å². The molecule has 6 rings (SSSR count). The number of hydrogen-bond acceptors (Lipinski definition) is 3. The monoisotopic (exact) mass is 542 g/mol. The summed E-state index contributed by atoms with van der Waals surface area (Å²) >= 11 is 6.41. The van der Waals surface area contributed by atoms with Crippen molar-refractivity contribution in [1.82, 2.24) is 0 Å². The van der Waals surface area contributed by atoms with E-state index in [1.165, 1.54) is 32.9 Å². The van der Waals surface area contributed by atoms with Crippen molar-refractivity contribution < 1.29 is 9.05 Å². The van der Waals surface area contributed by atoms with Crippen LogP contribution >= 0.6 is 14.4 Å². The highest BCUT2D eigenvalue weighted by atomic mass is 32.4. The minimum absolute atomic E-state index is 0.119. The number of fused-ring (bicyclic) bond motifs is 6. The van der Waals surface area contributed by atoms with Crippen molar-refractivity contribution >= 4 is 36.8 Å². The van der Waals surface area contributed by atoms with E-state index in [-0.39, 0.29) is 10.3 Å². The van der Waals surface area contributed by atoms with Crippen LogP contribution in [0.25, 0.3) is 22.3 Å². The standard InChI is InChI=1S/C32H32O2P2S/c1-31(2,3)36(37)29-20-12-13-22(30(29)25-16-7-10-18-27(25)34-36)21-32(4,5)35-28-19-11-8-15-24(28)23-14-6-9-17-26(23)33-35/h6-20H,21H2,1-5H3. The molecule has 0 radical (unpaired) electrons. The second-order valence-corrected chi connectivity index (χ2v) is 18.6. The van der Waals surface area contributed by atoms with E-state index in [0.717, 1.165) is 23.5 Å². The van der Waals surface area contributed by atoms with E-state index in [1.54, 1.807) is 0 Å². The predicted octanol–water partition coefficient (Wildman–Crippen LogP) is 8.67. The van der Waals surface area contributed by atoms with Gasteiger partial charge in [0.25, 0.3) is 0 Å². The van der Waals surface area contributed by atoms with E-state index in [2.05, 4.69) is 120 Å². The van der Waals surface area contributed by atoms with Gasteiger partial charge in [0.05, 0.1) is 0 Å². The van der Waals surface area contributed by atoms with Crippen LogP contribution in [-0.2, 0) is 18.2 Å². The molecule has 2 aliphatic rings. The molecule has 0 N–H and O–H groups in total. The van der Waals surface area contributed by atoms with Crippen LogP contribution in [-0.4, -0.2) is 10.3 Å². The van der Waals surface area contributed by atoms with Crippen molar-refractivity contribution in [2.24, 2.45) is 0 Å². The molecule has 4 aromatic carbocycles. The lowest BCUT2D eigenvalue weighted by atomic mass is 9.92. The Morgan fingerprint density at radius 1 is 0.703 bits per heavy atom. The molecule has 0 saturated heterocycles. The molecular formula is C32H32O2P2S. The maximum Gasteiger partial charge on any atom is 0.148 e. The lowest BCUT2D eigenvalue weighted by molar-refractivity contribution is 0.562. The van der Waals surface area contributed by atoms with E-state index in [0.29, 0.717) is 0 Å². The minimum atomic E-state index is -2.33. The zero-order valence-corrected chi connectivity index (χ0v) is 24.6. The second kappa shape index (κ2) is 8.81. The van der Waals surface area contributed by atoms with Crippen molar-refractivity contribution in [1.29, 1.82) is 0 Å². The van der Waals surface area contributed by atoms with Crippen LogP contribution in [0.4, 0.5) is 0 Å². The molecule has 2 nitrogen and oxygen atoms in total. The van der Waals surface area contributed by atoms with Crippen molar-refractivity contribution in [3.05, 3.63) is 96.6 Å². The molecule has 0 amide bonds. The first-order chi connectivity index (χ1) is 17.6. The van der Waals surface area contributed by atoms with Crippen molar-refractivity contribution in [2.45, 2.75) is 51.4 Å². The average Bonchev–Trinajstić information content (AvgIpc) is 2.87. The third kappa shape index (κ3) is 3.99. The zero-order chi connectivity index (χ0) is 26.0. The van der Waals surface area contributed by atoms with Gasteiger partial charge in [-0.2, -0.15) is 0 Å². The highest BCUT2D eigenvalue weighted by Gasteiger charge is 2.44. The van der Waals surface area contributed by atoms with Crippen LogP contribution in [0.2, 0.25) is 0 Å². The molecule has 0 saturated carbocycles. The minimum Gasteiger partial charge on any atom is -0.468 e. The predicted molar refractivity (Wildman–Crippen MR) is 163 cm³/mol. The molecule has 188 valence electrons. The summed E-state index contributed by atoms with van der Waals surface area (Å²) in [5.41, 5.74) is 6.22. The Morgan fingerprint density at radius 3 is 2.05 bits per heavy atom.